The first-order valence-electron chi connectivity index (χ1n) is 11.2. The van der Waals surface area contributed by atoms with Crippen molar-refractivity contribution in [1.82, 2.24) is 15.1 Å². The third-order valence-corrected chi connectivity index (χ3v) is 6.18. The highest BCUT2D eigenvalue weighted by molar-refractivity contribution is 5.94. The minimum atomic E-state index is -0.242. The number of nitrogens with one attached hydrogen (secondary N) is 1. The Labute approximate surface area is 179 Å². The van der Waals surface area contributed by atoms with E-state index in [1.807, 2.05) is 59.5 Å². The van der Waals surface area contributed by atoms with Gasteiger partial charge in [0.25, 0.3) is 5.91 Å². The van der Waals surface area contributed by atoms with Crippen LogP contribution >= 0.6 is 0 Å². The number of piperidine rings is 1. The average molecular weight is 406 g/mol. The molecule has 2 heterocycles. The van der Waals surface area contributed by atoms with Gasteiger partial charge in [0.2, 0.25) is 5.91 Å². The van der Waals surface area contributed by atoms with E-state index in [1.165, 1.54) is 6.42 Å². The lowest BCUT2D eigenvalue weighted by atomic mass is 10.0. The van der Waals surface area contributed by atoms with Crippen LogP contribution in [-0.4, -0.2) is 47.8 Å². The van der Waals surface area contributed by atoms with E-state index in [0.29, 0.717) is 6.54 Å². The third kappa shape index (κ3) is 4.90. The molecule has 2 saturated heterocycles. The molecule has 4 rings (SSSR count). The molecule has 2 aromatic rings. The van der Waals surface area contributed by atoms with Crippen molar-refractivity contribution >= 4 is 11.8 Å². The van der Waals surface area contributed by atoms with Gasteiger partial charge in [-0.3, -0.25) is 14.5 Å². The Kier molecular flexibility index (Phi) is 6.80. The van der Waals surface area contributed by atoms with E-state index in [4.69, 9.17) is 0 Å². The summed E-state index contributed by atoms with van der Waals surface area (Å²) in [6.07, 6.45) is 5.68. The van der Waals surface area contributed by atoms with Gasteiger partial charge in [0.15, 0.2) is 0 Å². The second-order valence-electron chi connectivity index (χ2n) is 8.32. The molecule has 0 radical (unpaired) electrons. The van der Waals surface area contributed by atoms with E-state index in [1.54, 1.807) is 0 Å². The van der Waals surface area contributed by atoms with Gasteiger partial charge in [-0.15, -0.1) is 0 Å². The fourth-order valence-corrected chi connectivity index (χ4v) is 4.49. The summed E-state index contributed by atoms with van der Waals surface area (Å²) >= 11 is 0. The SMILES string of the molecule is O=C(NCc1ccc(C(=O)N2CCCCC2)cc1)C(c1ccccc1)N1CCCC1. The molecule has 1 N–H and O–H groups in total. The smallest absolute Gasteiger partial charge is 0.253 e. The van der Waals surface area contributed by atoms with Crippen LogP contribution in [-0.2, 0) is 11.3 Å². The third-order valence-electron chi connectivity index (χ3n) is 6.18. The van der Waals surface area contributed by atoms with Crippen molar-refractivity contribution in [1.29, 1.82) is 0 Å². The zero-order chi connectivity index (χ0) is 20.8. The first-order valence-corrected chi connectivity index (χ1v) is 11.2. The molecule has 1 atom stereocenters. The standard InChI is InChI=1S/C25H31N3O2/c29-24(23(27-15-7-8-16-27)21-9-3-1-4-10-21)26-19-20-11-13-22(14-12-20)25(30)28-17-5-2-6-18-28/h1,3-4,9-14,23H,2,5-8,15-19H2,(H,26,29). The van der Waals surface area contributed by atoms with Crippen LogP contribution in [0.4, 0.5) is 0 Å². The minimum absolute atomic E-state index is 0.0385. The van der Waals surface area contributed by atoms with Crippen LogP contribution in [0.2, 0.25) is 0 Å². The van der Waals surface area contributed by atoms with E-state index < -0.39 is 0 Å². The molecule has 2 amide bonds. The maximum absolute atomic E-state index is 13.1. The summed E-state index contributed by atoms with van der Waals surface area (Å²) in [4.78, 5) is 29.9. The van der Waals surface area contributed by atoms with Gasteiger partial charge in [-0.1, -0.05) is 42.5 Å². The van der Waals surface area contributed by atoms with Gasteiger partial charge in [0.1, 0.15) is 6.04 Å². The molecule has 2 aliphatic rings. The lowest BCUT2D eigenvalue weighted by molar-refractivity contribution is -0.126. The maximum Gasteiger partial charge on any atom is 0.253 e. The van der Waals surface area contributed by atoms with Crippen molar-refractivity contribution in [3.05, 3.63) is 71.3 Å². The lowest BCUT2D eigenvalue weighted by Gasteiger charge is -2.27. The van der Waals surface area contributed by atoms with E-state index in [-0.39, 0.29) is 17.9 Å². The Balaban J connectivity index is 1.38. The first kappa shape index (κ1) is 20.6. The van der Waals surface area contributed by atoms with Gasteiger partial charge >= 0.3 is 0 Å². The fourth-order valence-electron chi connectivity index (χ4n) is 4.49. The van der Waals surface area contributed by atoms with Crippen molar-refractivity contribution in [2.24, 2.45) is 0 Å². The topological polar surface area (TPSA) is 52.7 Å². The number of carbonyl (C=O) groups is 2. The van der Waals surface area contributed by atoms with Crippen molar-refractivity contribution in [3.63, 3.8) is 0 Å². The van der Waals surface area contributed by atoms with E-state index in [0.717, 1.165) is 68.6 Å². The number of amides is 2. The molecule has 5 heteroatoms. The number of benzene rings is 2. The Morgan fingerprint density at radius 3 is 2.10 bits per heavy atom. The van der Waals surface area contributed by atoms with Crippen LogP contribution in [0.1, 0.15) is 59.6 Å². The Morgan fingerprint density at radius 2 is 1.43 bits per heavy atom. The summed E-state index contributed by atoms with van der Waals surface area (Å²) < 4.78 is 0. The highest BCUT2D eigenvalue weighted by atomic mass is 16.2. The van der Waals surface area contributed by atoms with Gasteiger partial charge in [0, 0.05) is 25.2 Å². The zero-order valence-corrected chi connectivity index (χ0v) is 17.6. The number of hydrogen-bond acceptors (Lipinski definition) is 3. The molecule has 2 aliphatic heterocycles. The highest BCUT2D eigenvalue weighted by Gasteiger charge is 2.29. The molecule has 5 nitrogen and oxygen atoms in total. The molecule has 158 valence electrons. The average Bonchev–Trinajstić information content (AvgIpc) is 3.33. The Bertz CT molecular complexity index is 838. The lowest BCUT2D eigenvalue weighted by Crippen LogP contribution is -2.39. The summed E-state index contributed by atoms with van der Waals surface area (Å²) in [6, 6.07) is 17.4. The van der Waals surface area contributed by atoms with E-state index in [9.17, 15) is 9.59 Å². The number of nitrogens with zero attached hydrogens (tertiary/aromatic N) is 2. The number of hydrogen-bond donors (Lipinski definition) is 1. The largest absolute Gasteiger partial charge is 0.350 e. The van der Waals surface area contributed by atoms with E-state index in [2.05, 4.69) is 10.2 Å². The van der Waals surface area contributed by atoms with Gasteiger partial charge in [0.05, 0.1) is 0 Å². The molecular formula is C25H31N3O2. The number of carbonyl (C=O) groups excluding carboxylic acids is 2. The van der Waals surface area contributed by atoms with Crippen LogP contribution in [0.3, 0.4) is 0 Å². The van der Waals surface area contributed by atoms with Crippen molar-refractivity contribution in [3.8, 4) is 0 Å². The van der Waals surface area contributed by atoms with E-state index >= 15 is 0 Å². The van der Waals surface area contributed by atoms with Crippen LogP contribution in [0.15, 0.2) is 54.6 Å². The van der Waals surface area contributed by atoms with Crippen LogP contribution in [0, 0.1) is 0 Å². The molecule has 0 spiro atoms. The monoisotopic (exact) mass is 405 g/mol. The van der Waals surface area contributed by atoms with Crippen molar-refractivity contribution in [2.75, 3.05) is 26.2 Å². The van der Waals surface area contributed by atoms with Crippen LogP contribution in [0.25, 0.3) is 0 Å². The first-order chi connectivity index (χ1) is 14.7. The Hall–Kier alpha value is -2.66. The van der Waals surface area contributed by atoms with Gasteiger partial charge < -0.3 is 10.2 Å². The summed E-state index contributed by atoms with van der Waals surface area (Å²) in [5.41, 5.74) is 2.78. The van der Waals surface area contributed by atoms with Crippen molar-refractivity contribution < 1.29 is 9.59 Å². The molecular weight excluding hydrogens is 374 g/mol. The molecule has 0 saturated carbocycles. The second kappa shape index (κ2) is 9.90. The molecule has 1 unspecified atom stereocenters. The van der Waals surface area contributed by atoms with Gasteiger partial charge in [-0.25, -0.2) is 0 Å². The summed E-state index contributed by atoms with van der Waals surface area (Å²) in [6.45, 7) is 4.09. The molecule has 2 aromatic carbocycles. The zero-order valence-electron chi connectivity index (χ0n) is 17.6. The second-order valence-corrected chi connectivity index (χ2v) is 8.32. The normalized spacial score (nSPS) is 18.2. The molecule has 2 fully saturated rings. The molecule has 0 aromatic heterocycles. The number of likely N-dealkylation sites (tertiary alicyclic amines) is 2. The fraction of sp³-hybridized carbons (Fsp3) is 0.440. The highest BCUT2D eigenvalue weighted by Crippen LogP contribution is 2.25. The quantitative estimate of drug-likeness (QED) is 0.796. The Morgan fingerprint density at radius 1 is 0.800 bits per heavy atom. The van der Waals surface area contributed by atoms with Crippen LogP contribution < -0.4 is 5.32 Å². The molecule has 0 bridgehead atoms. The predicted molar refractivity (Wildman–Crippen MR) is 118 cm³/mol. The summed E-state index contributed by atoms with van der Waals surface area (Å²) in [7, 11) is 0. The summed E-state index contributed by atoms with van der Waals surface area (Å²) in [5, 5.41) is 3.11. The van der Waals surface area contributed by atoms with Gasteiger partial charge in [-0.05, 0) is 68.5 Å². The molecule has 30 heavy (non-hydrogen) atoms. The molecule has 0 aliphatic carbocycles. The maximum atomic E-state index is 13.1. The van der Waals surface area contributed by atoms with Crippen LogP contribution in [0.5, 0.6) is 0 Å². The van der Waals surface area contributed by atoms with Gasteiger partial charge in [-0.2, -0.15) is 0 Å². The summed E-state index contributed by atoms with van der Waals surface area (Å²) in [5.74, 6) is 0.153. The van der Waals surface area contributed by atoms with Crippen molar-refractivity contribution in [2.45, 2.75) is 44.7 Å². The number of rotatable bonds is 6. The predicted octanol–water partition coefficient (Wildman–Crippen LogP) is 3.77. The minimum Gasteiger partial charge on any atom is -0.350 e.